The van der Waals surface area contributed by atoms with Crippen LogP contribution in [0.5, 0.6) is 5.75 Å². The van der Waals surface area contributed by atoms with Gasteiger partial charge in [-0.25, -0.2) is 4.39 Å². The molecule has 19 heavy (non-hydrogen) atoms. The predicted molar refractivity (Wildman–Crippen MR) is 78.0 cm³/mol. The smallest absolute Gasteiger partial charge is 0.124 e. The van der Waals surface area contributed by atoms with Gasteiger partial charge in [0.2, 0.25) is 0 Å². The van der Waals surface area contributed by atoms with Gasteiger partial charge in [-0.1, -0.05) is 34.1 Å². The molecular weight excluding hydrogens is 309 g/mol. The van der Waals surface area contributed by atoms with E-state index in [1.54, 1.807) is 13.2 Å². The van der Waals surface area contributed by atoms with Crippen molar-refractivity contribution in [3.63, 3.8) is 0 Å². The number of halogens is 2. The first kappa shape index (κ1) is 14.0. The van der Waals surface area contributed by atoms with E-state index in [2.05, 4.69) is 21.2 Å². The van der Waals surface area contributed by atoms with E-state index in [0.717, 1.165) is 21.3 Å². The van der Waals surface area contributed by atoms with Crippen LogP contribution in [0.2, 0.25) is 0 Å². The zero-order chi connectivity index (χ0) is 13.8. The van der Waals surface area contributed by atoms with E-state index in [-0.39, 0.29) is 11.9 Å². The normalized spacial score (nSPS) is 12.2. The Labute approximate surface area is 120 Å². The number of hydrogen-bond acceptors (Lipinski definition) is 2. The molecule has 1 unspecified atom stereocenters. The van der Waals surface area contributed by atoms with Crippen LogP contribution < -0.4 is 10.1 Å². The fourth-order valence-corrected chi connectivity index (χ4v) is 2.61. The first-order valence-electron chi connectivity index (χ1n) is 5.92. The Balaban J connectivity index is 2.37. The van der Waals surface area contributed by atoms with Crippen LogP contribution in [0.1, 0.15) is 17.2 Å². The summed E-state index contributed by atoms with van der Waals surface area (Å²) in [4.78, 5) is 0. The average molecular weight is 324 g/mol. The highest BCUT2D eigenvalue weighted by Crippen LogP contribution is 2.29. The zero-order valence-corrected chi connectivity index (χ0v) is 12.4. The molecule has 2 rings (SSSR count). The number of hydrogen-bond donors (Lipinski definition) is 1. The molecule has 0 amide bonds. The van der Waals surface area contributed by atoms with Crippen LogP contribution in [0.25, 0.3) is 0 Å². The highest BCUT2D eigenvalue weighted by Gasteiger charge is 2.15. The molecule has 0 aliphatic rings. The van der Waals surface area contributed by atoms with Crippen molar-refractivity contribution in [3.8, 4) is 5.75 Å². The lowest BCUT2D eigenvalue weighted by Gasteiger charge is -2.19. The van der Waals surface area contributed by atoms with E-state index < -0.39 is 0 Å². The van der Waals surface area contributed by atoms with E-state index in [4.69, 9.17) is 4.74 Å². The maximum atomic E-state index is 13.1. The third-order valence-electron chi connectivity index (χ3n) is 3.01. The minimum Gasteiger partial charge on any atom is -0.497 e. The summed E-state index contributed by atoms with van der Waals surface area (Å²) >= 11 is 3.41. The maximum Gasteiger partial charge on any atom is 0.124 e. The molecule has 0 spiro atoms. The molecule has 2 nitrogen and oxygen atoms in total. The van der Waals surface area contributed by atoms with Gasteiger partial charge in [-0.15, -0.1) is 0 Å². The van der Waals surface area contributed by atoms with Gasteiger partial charge in [-0.05, 0) is 42.4 Å². The molecule has 0 saturated heterocycles. The van der Waals surface area contributed by atoms with Crippen molar-refractivity contribution >= 4 is 15.9 Å². The van der Waals surface area contributed by atoms with E-state index in [9.17, 15) is 4.39 Å². The van der Waals surface area contributed by atoms with Crippen LogP contribution >= 0.6 is 15.9 Å². The Hall–Kier alpha value is -1.39. The fraction of sp³-hybridized carbons (Fsp3) is 0.200. The van der Waals surface area contributed by atoms with Gasteiger partial charge in [-0.2, -0.15) is 0 Å². The largest absolute Gasteiger partial charge is 0.497 e. The summed E-state index contributed by atoms with van der Waals surface area (Å²) in [5.41, 5.74) is 2.09. The molecule has 0 saturated carbocycles. The van der Waals surface area contributed by atoms with Crippen molar-refractivity contribution in [1.29, 1.82) is 0 Å². The Morgan fingerprint density at radius 3 is 2.37 bits per heavy atom. The van der Waals surface area contributed by atoms with Gasteiger partial charge in [0, 0.05) is 4.47 Å². The van der Waals surface area contributed by atoms with Crippen molar-refractivity contribution in [1.82, 2.24) is 5.32 Å². The summed E-state index contributed by atoms with van der Waals surface area (Å²) in [5, 5.41) is 3.24. The van der Waals surface area contributed by atoms with Crippen LogP contribution in [0, 0.1) is 5.82 Å². The molecule has 0 bridgehead atoms. The average Bonchev–Trinajstić information content (AvgIpc) is 2.42. The minimum absolute atomic E-state index is 0.000816. The quantitative estimate of drug-likeness (QED) is 0.921. The Kier molecular flexibility index (Phi) is 4.56. The van der Waals surface area contributed by atoms with Gasteiger partial charge in [0.05, 0.1) is 13.2 Å². The molecule has 100 valence electrons. The molecule has 1 N–H and O–H groups in total. The molecule has 0 aliphatic heterocycles. The molecule has 1 atom stereocenters. The Morgan fingerprint density at radius 1 is 1.16 bits per heavy atom. The summed E-state index contributed by atoms with van der Waals surface area (Å²) in [7, 11) is 3.52. The van der Waals surface area contributed by atoms with E-state index in [0.29, 0.717) is 0 Å². The van der Waals surface area contributed by atoms with Gasteiger partial charge in [0.25, 0.3) is 0 Å². The second-order valence-electron chi connectivity index (χ2n) is 4.16. The number of rotatable bonds is 4. The molecular formula is C15H15BrFNO. The van der Waals surface area contributed by atoms with Gasteiger partial charge < -0.3 is 10.1 Å². The Bertz CT molecular complexity index is 557. The molecule has 2 aromatic rings. The van der Waals surface area contributed by atoms with Crippen LogP contribution in [-0.4, -0.2) is 14.2 Å². The van der Waals surface area contributed by atoms with Crippen molar-refractivity contribution < 1.29 is 9.13 Å². The summed E-state index contributed by atoms with van der Waals surface area (Å²) < 4.78 is 19.1. The lowest BCUT2D eigenvalue weighted by molar-refractivity contribution is 0.414. The van der Waals surface area contributed by atoms with Crippen molar-refractivity contribution in [2.45, 2.75) is 6.04 Å². The molecule has 0 aromatic heterocycles. The van der Waals surface area contributed by atoms with Crippen LogP contribution in [0.15, 0.2) is 46.9 Å². The third kappa shape index (κ3) is 3.14. The first-order chi connectivity index (χ1) is 9.15. The zero-order valence-electron chi connectivity index (χ0n) is 10.8. The molecule has 0 aliphatic carbocycles. The number of ether oxygens (including phenoxy) is 1. The lowest BCUT2D eigenvalue weighted by Crippen LogP contribution is -2.18. The monoisotopic (exact) mass is 323 g/mol. The highest BCUT2D eigenvalue weighted by molar-refractivity contribution is 9.10. The van der Waals surface area contributed by atoms with Gasteiger partial charge >= 0.3 is 0 Å². The number of methoxy groups -OCH3 is 1. The van der Waals surface area contributed by atoms with Crippen molar-refractivity contribution in [3.05, 3.63) is 63.9 Å². The minimum atomic E-state index is -0.250. The number of benzene rings is 2. The van der Waals surface area contributed by atoms with Gasteiger partial charge in [-0.3, -0.25) is 0 Å². The maximum absolute atomic E-state index is 13.1. The van der Waals surface area contributed by atoms with Gasteiger partial charge in [0.1, 0.15) is 11.6 Å². The summed E-state index contributed by atoms with van der Waals surface area (Å²) in [6.07, 6.45) is 0. The fourth-order valence-electron chi connectivity index (χ4n) is 2.03. The molecule has 2 aromatic carbocycles. The Morgan fingerprint density at radius 2 is 1.84 bits per heavy atom. The van der Waals surface area contributed by atoms with E-state index >= 15 is 0 Å². The van der Waals surface area contributed by atoms with Crippen LogP contribution in [0.4, 0.5) is 4.39 Å². The lowest BCUT2D eigenvalue weighted by atomic mass is 9.99. The summed E-state index contributed by atoms with van der Waals surface area (Å²) in [6.45, 7) is 0. The van der Waals surface area contributed by atoms with Crippen LogP contribution in [0.3, 0.4) is 0 Å². The third-order valence-corrected chi connectivity index (χ3v) is 3.70. The van der Waals surface area contributed by atoms with E-state index in [1.807, 2.05) is 31.3 Å². The van der Waals surface area contributed by atoms with Crippen molar-refractivity contribution in [2.24, 2.45) is 0 Å². The molecule has 0 radical (unpaired) electrons. The first-order valence-corrected chi connectivity index (χ1v) is 6.71. The summed E-state index contributed by atoms with van der Waals surface area (Å²) in [5.74, 6) is 0.567. The van der Waals surface area contributed by atoms with Crippen LogP contribution in [-0.2, 0) is 0 Å². The predicted octanol–water partition coefficient (Wildman–Crippen LogP) is 3.91. The molecule has 4 heteroatoms. The van der Waals surface area contributed by atoms with Crippen molar-refractivity contribution in [2.75, 3.05) is 14.2 Å². The topological polar surface area (TPSA) is 21.3 Å². The highest BCUT2D eigenvalue weighted by atomic mass is 79.9. The second-order valence-corrected chi connectivity index (χ2v) is 5.02. The molecule has 0 heterocycles. The van der Waals surface area contributed by atoms with E-state index in [1.165, 1.54) is 12.1 Å². The number of nitrogens with one attached hydrogen (secondary N) is 1. The summed E-state index contributed by atoms with van der Waals surface area (Å²) in [6, 6.07) is 12.5. The van der Waals surface area contributed by atoms with Gasteiger partial charge in [0.15, 0.2) is 0 Å². The SMILES string of the molecule is CNC(c1ccc(OC)cc1)c1ccc(F)cc1Br. The molecule has 0 fully saturated rings. The standard InChI is InChI=1S/C15H15BrFNO/c1-18-15(10-3-6-12(19-2)7-4-10)13-8-5-11(17)9-14(13)16/h3-9,15,18H,1-2H3. The second kappa shape index (κ2) is 6.17.